The molecule has 2 aromatic rings. The van der Waals surface area contributed by atoms with Crippen molar-refractivity contribution in [3.8, 4) is 11.5 Å². The van der Waals surface area contributed by atoms with Gasteiger partial charge < -0.3 is 25.2 Å². The quantitative estimate of drug-likeness (QED) is 0.406. The molecule has 8 heteroatoms. The Kier molecular flexibility index (Phi) is 8.81. The third-order valence-electron chi connectivity index (χ3n) is 6.97. The Morgan fingerprint density at radius 3 is 1.75 bits per heavy atom. The molecule has 0 spiro atoms. The normalized spacial score (nSPS) is 19.6. The van der Waals surface area contributed by atoms with E-state index in [9.17, 15) is 14.4 Å². The molecule has 0 atom stereocenters. The summed E-state index contributed by atoms with van der Waals surface area (Å²) < 4.78 is 11.7. The number of aliphatic carboxylic acids is 1. The SMILES string of the molecule is O=C(NCCNC(=O)c1ccc(O[C@H]2CC[C@@H](C(=O)O)CC2)cc1)c1ccc(OCC2CCC2)cc1. The topological polar surface area (TPSA) is 114 Å². The molecule has 2 aromatic carbocycles. The molecule has 0 heterocycles. The molecular formula is C28H34N2O6. The van der Waals surface area contributed by atoms with E-state index < -0.39 is 5.97 Å². The first-order valence-corrected chi connectivity index (χ1v) is 12.8. The molecular weight excluding hydrogens is 460 g/mol. The monoisotopic (exact) mass is 494 g/mol. The molecule has 0 bridgehead atoms. The van der Waals surface area contributed by atoms with Gasteiger partial charge in [0.05, 0.1) is 18.6 Å². The second kappa shape index (κ2) is 12.4. The van der Waals surface area contributed by atoms with Gasteiger partial charge in [-0.05, 0) is 93.0 Å². The number of amides is 2. The number of carbonyl (C=O) groups is 3. The zero-order valence-corrected chi connectivity index (χ0v) is 20.4. The highest BCUT2D eigenvalue weighted by Crippen LogP contribution is 2.28. The highest BCUT2D eigenvalue weighted by atomic mass is 16.5. The molecule has 0 aliphatic heterocycles. The molecule has 2 amide bonds. The summed E-state index contributed by atoms with van der Waals surface area (Å²) in [5.74, 6) is 0.652. The number of nitrogens with one attached hydrogen (secondary N) is 2. The lowest BCUT2D eigenvalue weighted by molar-refractivity contribution is -0.143. The van der Waals surface area contributed by atoms with Crippen molar-refractivity contribution in [1.82, 2.24) is 10.6 Å². The van der Waals surface area contributed by atoms with Crippen LogP contribution in [0.2, 0.25) is 0 Å². The zero-order chi connectivity index (χ0) is 25.3. The highest BCUT2D eigenvalue weighted by Gasteiger charge is 2.27. The number of benzene rings is 2. The lowest BCUT2D eigenvalue weighted by Crippen LogP contribution is -2.34. The highest BCUT2D eigenvalue weighted by molar-refractivity contribution is 5.95. The summed E-state index contributed by atoms with van der Waals surface area (Å²) in [4.78, 5) is 35.8. The first-order chi connectivity index (χ1) is 17.5. The summed E-state index contributed by atoms with van der Waals surface area (Å²) in [6.45, 7) is 1.35. The fraction of sp³-hybridized carbons (Fsp3) is 0.464. The van der Waals surface area contributed by atoms with Crippen LogP contribution in [0, 0.1) is 11.8 Å². The Morgan fingerprint density at radius 2 is 1.28 bits per heavy atom. The number of hydrogen-bond acceptors (Lipinski definition) is 5. The first kappa shape index (κ1) is 25.5. The fourth-order valence-corrected chi connectivity index (χ4v) is 4.44. The average molecular weight is 495 g/mol. The van der Waals surface area contributed by atoms with Crippen LogP contribution in [0.4, 0.5) is 0 Å². The minimum Gasteiger partial charge on any atom is -0.493 e. The number of ether oxygens (including phenoxy) is 2. The number of carboxylic acids is 1. The minimum absolute atomic E-state index is 0.0000480. The van der Waals surface area contributed by atoms with Crippen molar-refractivity contribution in [2.24, 2.45) is 11.8 Å². The van der Waals surface area contributed by atoms with Gasteiger partial charge in [-0.2, -0.15) is 0 Å². The van der Waals surface area contributed by atoms with E-state index in [-0.39, 0.29) is 23.8 Å². The molecule has 2 fully saturated rings. The van der Waals surface area contributed by atoms with Crippen molar-refractivity contribution in [1.29, 1.82) is 0 Å². The summed E-state index contributed by atoms with van der Waals surface area (Å²) >= 11 is 0. The lowest BCUT2D eigenvalue weighted by atomic mass is 9.86. The van der Waals surface area contributed by atoms with Gasteiger partial charge in [-0.3, -0.25) is 14.4 Å². The Balaban J connectivity index is 1.13. The molecule has 0 radical (unpaired) electrons. The second-order valence-electron chi connectivity index (χ2n) is 9.60. The Labute approximate surface area is 211 Å². The molecule has 0 aromatic heterocycles. The molecule has 2 aliphatic rings. The smallest absolute Gasteiger partial charge is 0.306 e. The molecule has 3 N–H and O–H groups in total. The maximum absolute atomic E-state index is 12.4. The van der Waals surface area contributed by atoms with Gasteiger partial charge in [0.25, 0.3) is 11.8 Å². The van der Waals surface area contributed by atoms with E-state index in [1.165, 1.54) is 19.3 Å². The Hall–Kier alpha value is -3.55. The van der Waals surface area contributed by atoms with Gasteiger partial charge in [-0.25, -0.2) is 0 Å². The molecule has 2 aliphatic carbocycles. The maximum atomic E-state index is 12.4. The number of rotatable bonds is 11. The molecule has 192 valence electrons. The van der Waals surface area contributed by atoms with Gasteiger partial charge in [0.1, 0.15) is 11.5 Å². The average Bonchev–Trinajstić information content (AvgIpc) is 2.86. The lowest BCUT2D eigenvalue weighted by Gasteiger charge is -2.26. The van der Waals surface area contributed by atoms with E-state index in [2.05, 4.69) is 10.6 Å². The number of carbonyl (C=O) groups excluding carboxylic acids is 2. The van der Waals surface area contributed by atoms with Crippen molar-refractivity contribution in [2.75, 3.05) is 19.7 Å². The van der Waals surface area contributed by atoms with Crippen LogP contribution in [0.1, 0.15) is 65.7 Å². The van der Waals surface area contributed by atoms with Crippen LogP contribution in [0.5, 0.6) is 11.5 Å². The third-order valence-corrected chi connectivity index (χ3v) is 6.97. The van der Waals surface area contributed by atoms with Crippen molar-refractivity contribution in [2.45, 2.75) is 51.0 Å². The zero-order valence-electron chi connectivity index (χ0n) is 20.4. The van der Waals surface area contributed by atoms with E-state index in [1.807, 2.05) is 12.1 Å². The van der Waals surface area contributed by atoms with E-state index in [4.69, 9.17) is 14.6 Å². The van der Waals surface area contributed by atoms with Crippen molar-refractivity contribution >= 4 is 17.8 Å². The van der Waals surface area contributed by atoms with Gasteiger partial charge in [0.15, 0.2) is 0 Å². The summed E-state index contributed by atoms with van der Waals surface area (Å²) in [6.07, 6.45) is 6.42. The first-order valence-electron chi connectivity index (χ1n) is 12.8. The Morgan fingerprint density at radius 1 is 0.750 bits per heavy atom. The third kappa shape index (κ3) is 7.23. The number of carboxylic acid groups (broad SMARTS) is 1. The van der Waals surface area contributed by atoms with E-state index in [0.717, 1.165) is 12.4 Å². The van der Waals surface area contributed by atoms with Crippen molar-refractivity contribution < 1.29 is 29.0 Å². The maximum Gasteiger partial charge on any atom is 0.306 e. The molecule has 2 saturated carbocycles. The van der Waals surface area contributed by atoms with Crippen LogP contribution < -0.4 is 20.1 Å². The van der Waals surface area contributed by atoms with Crippen molar-refractivity contribution in [3.63, 3.8) is 0 Å². The summed E-state index contributed by atoms with van der Waals surface area (Å²) in [6, 6.07) is 14.0. The van der Waals surface area contributed by atoms with Gasteiger partial charge in [0.2, 0.25) is 0 Å². The van der Waals surface area contributed by atoms with Gasteiger partial charge in [0, 0.05) is 24.2 Å². The predicted molar refractivity (Wildman–Crippen MR) is 134 cm³/mol. The van der Waals surface area contributed by atoms with Crippen LogP contribution >= 0.6 is 0 Å². The standard InChI is InChI=1S/C28H34N2O6/c31-26(20-4-10-23(11-5-20)35-18-19-2-1-3-19)29-16-17-30-27(32)21-6-12-24(13-7-21)36-25-14-8-22(9-15-25)28(33)34/h4-7,10-13,19,22,25H,1-3,8-9,14-18H2,(H,29,31)(H,30,32)(H,33,34)/t22-,25+. The molecule has 0 unspecified atom stereocenters. The largest absolute Gasteiger partial charge is 0.493 e. The summed E-state index contributed by atoms with van der Waals surface area (Å²) in [7, 11) is 0. The van der Waals surface area contributed by atoms with E-state index in [1.54, 1.807) is 36.4 Å². The van der Waals surface area contributed by atoms with Gasteiger partial charge >= 0.3 is 5.97 Å². The molecule has 36 heavy (non-hydrogen) atoms. The molecule has 4 rings (SSSR count). The molecule has 0 saturated heterocycles. The summed E-state index contributed by atoms with van der Waals surface area (Å²) in [5.41, 5.74) is 1.05. The van der Waals surface area contributed by atoms with Crippen LogP contribution in [0.3, 0.4) is 0 Å². The van der Waals surface area contributed by atoms with Crippen LogP contribution in [0.25, 0.3) is 0 Å². The Bertz CT molecular complexity index is 1030. The second-order valence-corrected chi connectivity index (χ2v) is 9.60. The van der Waals surface area contributed by atoms with Crippen molar-refractivity contribution in [3.05, 3.63) is 59.7 Å². The predicted octanol–water partition coefficient (Wildman–Crippen LogP) is 4.05. The molecule has 8 nitrogen and oxygen atoms in total. The van der Waals surface area contributed by atoms with Crippen LogP contribution in [0.15, 0.2) is 48.5 Å². The minimum atomic E-state index is -0.734. The van der Waals surface area contributed by atoms with E-state index >= 15 is 0 Å². The van der Waals surface area contributed by atoms with Gasteiger partial charge in [-0.15, -0.1) is 0 Å². The van der Waals surface area contributed by atoms with E-state index in [0.29, 0.717) is 61.6 Å². The summed E-state index contributed by atoms with van der Waals surface area (Å²) in [5, 5.41) is 14.7. The fourth-order valence-electron chi connectivity index (χ4n) is 4.44. The van der Waals surface area contributed by atoms with Crippen LogP contribution in [-0.4, -0.2) is 48.7 Å². The van der Waals surface area contributed by atoms with Gasteiger partial charge in [-0.1, -0.05) is 6.42 Å². The number of hydrogen-bond donors (Lipinski definition) is 3. The van der Waals surface area contributed by atoms with Crippen LogP contribution in [-0.2, 0) is 4.79 Å².